The molecule has 0 fully saturated rings. The molecular weight excluding hydrogens is 483 g/mol. The first-order chi connectivity index (χ1) is 12.5. The van der Waals surface area contributed by atoms with Gasteiger partial charge in [-0.2, -0.15) is 0 Å². The van der Waals surface area contributed by atoms with Crippen molar-refractivity contribution in [1.82, 2.24) is 14.8 Å². The Morgan fingerprint density at radius 3 is 2.77 bits per heavy atom. The largest absolute Gasteiger partial charge is 0.325 e. The molecule has 0 aliphatic carbocycles. The van der Waals surface area contributed by atoms with E-state index in [4.69, 9.17) is 11.6 Å². The highest BCUT2D eigenvalue weighted by molar-refractivity contribution is 14.1. The summed E-state index contributed by atoms with van der Waals surface area (Å²) in [6, 6.07) is 13.4. The second-order valence-corrected chi connectivity index (χ2v) is 8.24. The molecule has 26 heavy (non-hydrogen) atoms. The highest BCUT2D eigenvalue weighted by Gasteiger charge is 2.15. The van der Waals surface area contributed by atoms with Gasteiger partial charge in [0, 0.05) is 21.9 Å². The van der Waals surface area contributed by atoms with E-state index in [1.54, 1.807) is 0 Å². The predicted octanol–water partition coefficient (Wildman–Crippen LogP) is 4.78. The van der Waals surface area contributed by atoms with E-state index in [0.717, 1.165) is 20.4 Å². The fraction of sp³-hybridized carbons (Fsp3) is 0.167. The SMILES string of the molecule is Cc1cc(I)ccc1NC(=O)CSc1nnc(-c2ccccc2Cl)n1C. The van der Waals surface area contributed by atoms with Gasteiger partial charge >= 0.3 is 0 Å². The number of rotatable bonds is 5. The van der Waals surface area contributed by atoms with Crippen molar-refractivity contribution in [2.45, 2.75) is 12.1 Å². The van der Waals surface area contributed by atoms with Gasteiger partial charge in [-0.3, -0.25) is 4.79 Å². The first-order valence-electron chi connectivity index (χ1n) is 7.79. The summed E-state index contributed by atoms with van der Waals surface area (Å²) < 4.78 is 2.98. The van der Waals surface area contributed by atoms with Crippen molar-refractivity contribution >= 4 is 57.5 Å². The molecule has 0 spiro atoms. The number of nitrogens with zero attached hydrogens (tertiary/aromatic N) is 3. The highest BCUT2D eigenvalue weighted by atomic mass is 127. The van der Waals surface area contributed by atoms with Crippen molar-refractivity contribution in [2.24, 2.45) is 7.05 Å². The Morgan fingerprint density at radius 2 is 2.04 bits per heavy atom. The van der Waals surface area contributed by atoms with Crippen molar-refractivity contribution in [2.75, 3.05) is 11.1 Å². The number of anilines is 1. The van der Waals surface area contributed by atoms with E-state index in [2.05, 4.69) is 38.1 Å². The molecule has 1 aromatic heterocycles. The van der Waals surface area contributed by atoms with Crippen molar-refractivity contribution in [3.63, 3.8) is 0 Å². The lowest BCUT2D eigenvalue weighted by Gasteiger charge is -2.09. The summed E-state index contributed by atoms with van der Waals surface area (Å²) in [6.07, 6.45) is 0. The van der Waals surface area contributed by atoms with Crippen molar-refractivity contribution in [1.29, 1.82) is 0 Å². The van der Waals surface area contributed by atoms with E-state index < -0.39 is 0 Å². The minimum Gasteiger partial charge on any atom is -0.325 e. The fourth-order valence-electron chi connectivity index (χ4n) is 2.40. The number of hydrogen-bond donors (Lipinski definition) is 1. The lowest BCUT2D eigenvalue weighted by atomic mass is 10.2. The summed E-state index contributed by atoms with van der Waals surface area (Å²) in [6.45, 7) is 1.98. The van der Waals surface area contributed by atoms with Crippen molar-refractivity contribution < 1.29 is 4.79 Å². The van der Waals surface area contributed by atoms with E-state index in [-0.39, 0.29) is 11.7 Å². The van der Waals surface area contributed by atoms with Gasteiger partial charge in [0.25, 0.3) is 0 Å². The number of aryl methyl sites for hydroxylation is 1. The number of carbonyl (C=O) groups excluding carboxylic acids is 1. The molecule has 8 heteroatoms. The third kappa shape index (κ3) is 4.39. The zero-order valence-electron chi connectivity index (χ0n) is 14.2. The first kappa shape index (κ1) is 19.2. The number of halogens is 2. The molecule has 1 amide bonds. The van der Waals surface area contributed by atoms with Crippen LogP contribution in [0, 0.1) is 10.5 Å². The van der Waals surface area contributed by atoms with Crippen molar-refractivity contribution in [3.8, 4) is 11.4 Å². The number of hydrogen-bond acceptors (Lipinski definition) is 4. The van der Waals surface area contributed by atoms with Crippen LogP contribution in [0.2, 0.25) is 5.02 Å². The molecule has 1 heterocycles. The summed E-state index contributed by atoms with van der Waals surface area (Å²) in [5.41, 5.74) is 2.68. The van der Waals surface area contributed by atoms with Crippen LogP contribution in [0.1, 0.15) is 5.56 Å². The van der Waals surface area contributed by atoms with Gasteiger partial charge in [0.2, 0.25) is 5.91 Å². The Morgan fingerprint density at radius 1 is 1.27 bits per heavy atom. The number of nitrogens with one attached hydrogen (secondary N) is 1. The van der Waals surface area contributed by atoms with E-state index in [9.17, 15) is 4.79 Å². The summed E-state index contributed by atoms with van der Waals surface area (Å²) in [4.78, 5) is 12.3. The average molecular weight is 499 g/mol. The topological polar surface area (TPSA) is 59.8 Å². The van der Waals surface area contributed by atoms with Gasteiger partial charge in [-0.05, 0) is 65.4 Å². The smallest absolute Gasteiger partial charge is 0.234 e. The van der Waals surface area contributed by atoms with E-state index >= 15 is 0 Å². The molecule has 3 aromatic rings. The maximum atomic E-state index is 12.3. The molecule has 0 saturated heterocycles. The fourth-order valence-corrected chi connectivity index (χ4v) is 3.98. The van der Waals surface area contributed by atoms with Crippen LogP contribution in [0.3, 0.4) is 0 Å². The average Bonchev–Trinajstić information content (AvgIpc) is 2.97. The molecule has 134 valence electrons. The van der Waals surface area contributed by atoms with Gasteiger partial charge in [0.15, 0.2) is 11.0 Å². The first-order valence-corrected chi connectivity index (χ1v) is 10.2. The van der Waals surface area contributed by atoms with Crippen LogP contribution in [0.25, 0.3) is 11.4 Å². The highest BCUT2D eigenvalue weighted by Crippen LogP contribution is 2.28. The van der Waals surface area contributed by atoms with Crippen LogP contribution in [0.5, 0.6) is 0 Å². The van der Waals surface area contributed by atoms with Crippen LogP contribution in [-0.2, 0) is 11.8 Å². The van der Waals surface area contributed by atoms with Gasteiger partial charge < -0.3 is 9.88 Å². The number of carbonyl (C=O) groups is 1. The van der Waals surface area contributed by atoms with Crippen LogP contribution < -0.4 is 5.32 Å². The molecule has 0 radical (unpaired) electrons. The Kier molecular flexibility index (Phi) is 6.20. The summed E-state index contributed by atoms with van der Waals surface area (Å²) in [7, 11) is 1.86. The zero-order valence-corrected chi connectivity index (χ0v) is 17.9. The minimum absolute atomic E-state index is 0.0819. The molecule has 0 aliphatic rings. The second kappa shape index (κ2) is 8.41. The molecule has 3 rings (SSSR count). The third-order valence-corrected chi connectivity index (χ3v) is 5.77. The molecule has 5 nitrogen and oxygen atoms in total. The molecule has 0 bridgehead atoms. The van der Waals surface area contributed by atoms with E-state index in [1.165, 1.54) is 11.8 Å². The van der Waals surface area contributed by atoms with Crippen LogP contribution in [0.4, 0.5) is 5.69 Å². The molecule has 0 aliphatic heterocycles. The van der Waals surface area contributed by atoms with Gasteiger partial charge in [0.1, 0.15) is 0 Å². The lowest BCUT2D eigenvalue weighted by Crippen LogP contribution is -2.15. The Hall–Kier alpha value is -1.58. The maximum absolute atomic E-state index is 12.3. The Bertz CT molecular complexity index is 960. The number of benzene rings is 2. The number of amides is 1. The van der Waals surface area contributed by atoms with Gasteiger partial charge in [-0.15, -0.1) is 10.2 Å². The van der Waals surface area contributed by atoms with Crippen LogP contribution in [-0.4, -0.2) is 26.4 Å². The zero-order chi connectivity index (χ0) is 18.7. The van der Waals surface area contributed by atoms with Gasteiger partial charge in [-0.1, -0.05) is 35.5 Å². The molecule has 2 aromatic carbocycles. The molecule has 0 saturated carbocycles. The molecule has 0 unspecified atom stereocenters. The monoisotopic (exact) mass is 498 g/mol. The third-order valence-electron chi connectivity index (χ3n) is 3.74. The lowest BCUT2D eigenvalue weighted by molar-refractivity contribution is -0.113. The second-order valence-electron chi connectivity index (χ2n) is 5.64. The summed E-state index contributed by atoms with van der Waals surface area (Å²) in [5, 5.41) is 12.6. The normalized spacial score (nSPS) is 10.8. The number of thioether (sulfide) groups is 1. The quantitative estimate of drug-likeness (QED) is 0.406. The van der Waals surface area contributed by atoms with Crippen LogP contribution in [0.15, 0.2) is 47.6 Å². The summed E-state index contributed by atoms with van der Waals surface area (Å²) >= 11 is 9.82. The van der Waals surface area contributed by atoms with E-state index in [1.807, 2.05) is 61.0 Å². The summed E-state index contributed by atoms with van der Waals surface area (Å²) in [5.74, 6) is 0.841. The Balaban J connectivity index is 1.67. The number of aromatic nitrogens is 3. The molecular formula is C18H16ClIN4OS. The standard InChI is InChI=1S/C18H16ClIN4OS/c1-11-9-12(20)7-8-15(11)21-16(25)10-26-18-23-22-17(24(18)2)13-5-3-4-6-14(13)19/h3-9H,10H2,1-2H3,(H,21,25). The molecule has 0 atom stereocenters. The van der Waals surface area contributed by atoms with Crippen molar-refractivity contribution in [3.05, 3.63) is 56.6 Å². The van der Waals surface area contributed by atoms with Gasteiger partial charge in [0.05, 0.1) is 10.8 Å². The Labute approximate surface area is 174 Å². The minimum atomic E-state index is -0.0819. The van der Waals surface area contributed by atoms with Gasteiger partial charge in [-0.25, -0.2) is 0 Å². The molecule has 1 N–H and O–H groups in total. The van der Waals surface area contributed by atoms with E-state index in [0.29, 0.717) is 16.0 Å². The predicted molar refractivity (Wildman–Crippen MR) is 115 cm³/mol. The maximum Gasteiger partial charge on any atom is 0.234 e. The van der Waals surface area contributed by atoms with Crippen LogP contribution >= 0.6 is 46.0 Å².